The molecule has 0 bridgehead atoms. The molecule has 2 unspecified atom stereocenters. The summed E-state index contributed by atoms with van der Waals surface area (Å²) in [4.78, 5) is 50.4. The van der Waals surface area contributed by atoms with Gasteiger partial charge in [0, 0.05) is 22.1 Å². The lowest BCUT2D eigenvalue weighted by Crippen LogP contribution is -2.47. The second kappa shape index (κ2) is 13.9. The van der Waals surface area contributed by atoms with Crippen molar-refractivity contribution in [3.8, 4) is 0 Å². The van der Waals surface area contributed by atoms with Gasteiger partial charge in [-0.05, 0) is 117 Å². The maximum Gasteiger partial charge on any atom is 0.246 e. The molecule has 54 heavy (non-hydrogen) atoms. The van der Waals surface area contributed by atoms with Crippen molar-refractivity contribution in [2.45, 2.75) is 103 Å². The fourth-order valence-corrected chi connectivity index (χ4v) is 11.1. The van der Waals surface area contributed by atoms with Crippen LogP contribution in [-0.2, 0) is 30.3 Å². The van der Waals surface area contributed by atoms with Crippen molar-refractivity contribution in [1.29, 1.82) is 0 Å². The zero-order valence-electron chi connectivity index (χ0n) is 31.5. The van der Waals surface area contributed by atoms with Crippen molar-refractivity contribution in [3.05, 3.63) is 89.0 Å². The molecule has 0 saturated heterocycles. The van der Waals surface area contributed by atoms with E-state index >= 15 is 0 Å². The van der Waals surface area contributed by atoms with Crippen molar-refractivity contribution in [1.82, 2.24) is 5.32 Å². The van der Waals surface area contributed by atoms with Crippen molar-refractivity contribution in [2.24, 2.45) is 39.7 Å². The highest BCUT2D eigenvalue weighted by molar-refractivity contribution is 6.01. The lowest BCUT2D eigenvalue weighted by molar-refractivity contribution is -0.198. The number of carbonyl (C=O) groups excluding carboxylic acids is 4. The van der Waals surface area contributed by atoms with E-state index in [-0.39, 0.29) is 40.8 Å². The SMILES string of the molecule is C[C@H](N)C(=O)N[C@@H](C)C(=O)Nc1cccc(Cc2ccc([C@@H](O)O[C@@]3(C(=O)CO)C[C@H]4CC5C6CCC7=CC(=O)C=C[C@]7(C)[C@@]65[C@@H](O)C[C@]4(C)C3)cc2)c1. The van der Waals surface area contributed by atoms with Gasteiger partial charge in [-0.1, -0.05) is 61.9 Å². The molecule has 0 heterocycles. The number of benzene rings is 2. The van der Waals surface area contributed by atoms with Crippen molar-refractivity contribution >= 4 is 29.1 Å². The third-order valence-corrected chi connectivity index (χ3v) is 13.8. The van der Waals surface area contributed by atoms with E-state index in [4.69, 9.17) is 10.5 Å². The molecule has 2 amide bonds. The normalized spacial score (nSPS) is 35.2. The number of carbonyl (C=O) groups is 4. The van der Waals surface area contributed by atoms with Crippen LogP contribution in [0.3, 0.4) is 0 Å². The minimum atomic E-state index is -1.42. The fourth-order valence-electron chi connectivity index (χ4n) is 11.1. The molecule has 5 aliphatic rings. The van der Waals surface area contributed by atoms with Gasteiger partial charge in [-0.2, -0.15) is 0 Å². The number of allylic oxidation sites excluding steroid dienone is 4. The molecule has 0 radical (unpaired) electrons. The molecular formula is C43H53N3O8. The third kappa shape index (κ3) is 6.37. The van der Waals surface area contributed by atoms with Gasteiger partial charge in [0.25, 0.3) is 0 Å². The van der Waals surface area contributed by atoms with Crippen molar-refractivity contribution in [2.75, 3.05) is 11.9 Å². The maximum atomic E-state index is 13.6. The number of anilines is 1. The van der Waals surface area contributed by atoms with Gasteiger partial charge in [-0.15, -0.1) is 0 Å². The molecule has 2 aromatic rings. The van der Waals surface area contributed by atoms with Gasteiger partial charge in [0.15, 0.2) is 17.9 Å². The summed E-state index contributed by atoms with van der Waals surface area (Å²) in [5, 5.41) is 39.1. The summed E-state index contributed by atoms with van der Waals surface area (Å²) in [6, 6.07) is 13.2. The highest BCUT2D eigenvalue weighted by Crippen LogP contribution is 2.81. The second-order valence-electron chi connectivity index (χ2n) is 17.2. The largest absolute Gasteiger partial charge is 0.392 e. The number of Topliss-reactive ketones (excluding diaryl/α,β-unsaturated/α-hetero) is 1. The Bertz CT molecular complexity index is 1900. The lowest BCUT2D eigenvalue weighted by Gasteiger charge is -2.47. The Morgan fingerprint density at radius 1 is 1.02 bits per heavy atom. The first kappa shape index (κ1) is 38.3. The summed E-state index contributed by atoms with van der Waals surface area (Å²) >= 11 is 0. The average Bonchev–Trinajstić information content (AvgIpc) is 3.73. The van der Waals surface area contributed by atoms with Crippen LogP contribution < -0.4 is 16.4 Å². The number of nitrogens with two attached hydrogens (primary N) is 1. The Morgan fingerprint density at radius 2 is 1.76 bits per heavy atom. The van der Waals surface area contributed by atoms with Gasteiger partial charge in [-0.3, -0.25) is 19.2 Å². The summed E-state index contributed by atoms with van der Waals surface area (Å²) < 4.78 is 6.35. The van der Waals surface area contributed by atoms with Crippen LogP contribution in [0.2, 0.25) is 0 Å². The summed E-state index contributed by atoms with van der Waals surface area (Å²) in [6.45, 7) is 6.72. The predicted octanol–water partition coefficient (Wildman–Crippen LogP) is 4.04. The highest BCUT2D eigenvalue weighted by Gasteiger charge is 2.79. The molecule has 11 atom stereocenters. The van der Waals surface area contributed by atoms with E-state index < -0.39 is 53.8 Å². The monoisotopic (exact) mass is 739 g/mol. The Balaban J connectivity index is 1.03. The van der Waals surface area contributed by atoms with Gasteiger partial charge in [0.2, 0.25) is 11.8 Å². The molecule has 7 N–H and O–H groups in total. The zero-order valence-corrected chi connectivity index (χ0v) is 31.5. The molecule has 288 valence electrons. The van der Waals surface area contributed by atoms with E-state index in [0.717, 1.165) is 36.0 Å². The summed E-state index contributed by atoms with van der Waals surface area (Å²) in [7, 11) is 0. The van der Waals surface area contributed by atoms with Crippen LogP contribution in [0, 0.1) is 34.0 Å². The van der Waals surface area contributed by atoms with Gasteiger partial charge < -0.3 is 36.4 Å². The first-order valence-corrected chi connectivity index (χ1v) is 19.2. The molecule has 7 rings (SSSR count). The number of aliphatic hydroxyl groups excluding tert-OH is 3. The molecule has 11 heteroatoms. The topological polar surface area (TPSA) is 188 Å². The van der Waals surface area contributed by atoms with Gasteiger partial charge >= 0.3 is 0 Å². The number of fused-ring (bicyclic) bond motifs is 3. The molecule has 1 spiro atoms. The molecule has 4 saturated carbocycles. The minimum absolute atomic E-state index is 0.00448. The highest BCUT2D eigenvalue weighted by atomic mass is 16.6. The molecule has 0 aromatic heterocycles. The standard InChI is InChI=1S/C43H53N3O8/c1-24(44)37(51)45-25(2)38(52)46-31-7-5-6-27(17-31)16-26-8-10-28(11-9-26)39(53)54-42(36(50)22-47)20-30-19-34-33-13-12-29-18-32(48)14-15-41(29,4)43(33,34)35(49)21-40(30,3)23-42/h5-11,14-15,17-18,24-25,30,33-35,39,47,49,53H,12-13,16,19-23,44H2,1-4H3,(H,45,51)(H,46,52)/t24-,25-,30+,33?,34?,35-,39-,40+,41-,42-,43-/m0/s1. The number of nitrogens with one attached hydrogen (secondary N) is 2. The Morgan fingerprint density at radius 3 is 2.46 bits per heavy atom. The van der Waals surface area contributed by atoms with E-state index in [1.807, 2.05) is 36.4 Å². The number of hydrogen-bond acceptors (Lipinski definition) is 9. The number of aliphatic hydroxyl groups is 3. The van der Waals surface area contributed by atoms with Gasteiger partial charge in [-0.25, -0.2) is 0 Å². The fraction of sp³-hybridized carbons (Fsp3) is 0.535. The quantitative estimate of drug-likeness (QED) is 0.185. The summed E-state index contributed by atoms with van der Waals surface area (Å²) in [5.41, 5.74) is 7.04. The van der Waals surface area contributed by atoms with E-state index in [9.17, 15) is 34.5 Å². The Hall–Kier alpha value is -4.00. The molecule has 0 aliphatic heterocycles. The number of amides is 2. The van der Waals surface area contributed by atoms with Crippen LogP contribution in [-0.4, -0.2) is 69.1 Å². The third-order valence-electron chi connectivity index (χ3n) is 13.8. The van der Waals surface area contributed by atoms with E-state index in [2.05, 4.69) is 24.5 Å². The second-order valence-corrected chi connectivity index (χ2v) is 17.2. The lowest BCUT2D eigenvalue weighted by atomic mass is 9.58. The van der Waals surface area contributed by atoms with Gasteiger partial charge in [0.05, 0.1) is 12.1 Å². The zero-order chi connectivity index (χ0) is 38.8. The molecule has 4 fully saturated rings. The number of ketones is 2. The maximum absolute atomic E-state index is 13.6. The first-order chi connectivity index (χ1) is 25.5. The van der Waals surface area contributed by atoms with E-state index in [1.165, 1.54) is 0 Å². The predicted molar refractivity (Wildman–Crippen MR) is 201 cm³/mol. The Labute approximate surface area is 316 Å². The molecular weight excluding hydrogens is 686 g/mol. The summed E-state index contributed by atoms with van der Waals surface area (Å²) in [6.07, 6.45) is 7.61. The number of hydrogen-bond donors (Lipinski definition) is 6. The first-order valence-electron chi connectivity index (χ1n) is 19.2. The number of ether oxygens (including phenoxy) is 1. The van der Waals surface area contributed by atoms with Crippen molar-refractivity contribution < 1.29 is 39.2 Å². The summed E-state index contributed by atoms with van der Waals surface area (Å²) in [5.74, 6) is -0.638. The average molecular weight is 740 g/mol. The van der Waals surface area contributed by atoms with Gasteiger partial charge in [0.1, 0.15) is 18.2 Å². The van der Waals surface area contributed by atoms with Crippen LogP contribution in [0.15, 0.2) is 72.3 Å². The number of rotatable bonds is 11. The van der Waals surface area contributed by atoms with Crippen LogP contribution in [0.4, 0.5) is 5.69 Å². The van der Waals surface area contributed by atoms with Crippen LogP contribution in [0.25, 0.3) is 0 Å². The Kier molecular flexibility index (Phi) is 9.88. The molecule has 5 aliphatic carbocycles. The van der Waals surface area contributed by atoms with E-state index in [1.54, 1.807) is 44.2 Å². The van der Waals surface area contributed by atoms with E-state index in [0.29, 0.717) is 36.4 Å². The van der Waals surface area contributed by atoms with Crippen LogP contribution >= 0.6 is 0 Å². The molecule has 2 aromatic carbocycles. The smallest absolute Gasteiger partial charge is 0.246 e. The van der Waals surface area contributed by atoms with Crippen LogP contribution in [0.5, 0.6) is 0 Å². The van der Waals surface area contributed by atoms with Crippen LogP contribution in [0.1, 0.15) is 89.2 Å². The van der Waals surface area contributed by atoms with Crippen molar-refractivity contribution in [3.63, 3.8) is 0 Å². The molecule has 11 nitrogen and oxygen atoms in total. The minimum Gasteiger partial charge on any atom is -0.392 e.